The standard InChI is InChI=1S/C20H19N5O/c26-20(22-12-17-7-3-4-9-21-17)18-11-19(24-14-23-18)25-10-8-15-5-1-2-6-16(15)13-25/h1-7,9,11,14H,8,10,12-13H2,(H,22,26). The summed E-state index contributed by atoms with van der Waals surface area (Å²) in [5, 5.41) is 2.85. The van der Waals surface area contributed by atoms with E-state index in [2.05, 4.69) is 49.4 Å². The van der Waals surface area contributed by atoms with Crippen LogP contribution in [0.25, 0.3) is 0 Å². The Labute approximate surface area is 151 Å². The van der Waals surface area contributed by atoms with E-state index in [-0.39, 0.29) is 5.91 Å². The van der Waals surface area contributed by atoms with Crippen molar-refractivity contribution in [2.45, 2.75) is 19.5 Å². The quantitative estimate of drug-likeness (QED) is 0.786. The van der Waals surface area contributed by atoms with Crippen LogP contribution in [0.1, 0.15) is 27.3 Å². The van der Waals surface area contributed by atoms with Gasteiger partial charge in [0.25, 0.3) is 5.91 Å². The molecule has 1 amide bonds. The highest BCUT2D eigenvalue weighted by Crippen LogP contribution is 2.22. The highest BCUT2D eigenvalue weighted by Gasteiger charge is 2.18. The Morgan fingerprint density at radius 3 is 2.73 bits per heavy atom. The summed E-state index contributed by atoms with van der Waals surface area (Å²) in [6, 6.07) is 15.8. The highest BCUT2D eigenvalue weighted by molar-refractivity contribution is 5.92. The van der Waals surface area contributed by atoms with E-state index in [9.17, 15) is 4.79 Å². The predicted molar refractivity (Wildman–Crippen MR) is 98.6 cm³/mol. The van der Waals surface area contributed by atoms with Crippen LogP contribution < -0.4 is 10.2 Å². The average molecular weight is 345 g/mol. The number of benzene rings is 1. The summed E-state index contributed by atoms with van der Waals surface area (Å²) in [7, 11) is 0. The summed E-state index contributed by atoms with van der Waals surface area (Å²) < 4.78 is 0. The number of carbonyl (C=O) groups excluding carboxylic acids is 1. The maximum atomic E-state index is 12.4. The number of nitrogens with zero attached hydrogens (tertiary/aromatic N) is 4. The second kappa shape index (κ2) is 7.31. The van der Waals surface area contributed by atoms with Crippen LogP contribution in [-0.4, -0.2) is 27.4 Å². The van der Waals surface area contributed by atoms with Gasteiger partial charge in [0.2, 0.25) is 0 Å². The third-order valence-electron chi connectivity index (χ3n) is 4.50. The SMILES string of the molecule is O=C(NCc1ccccn1)c1cc(N2CCc3ccccc3C2)ncn1. The van der Waals surface area contributed by atoms with Gasteiger partial charge < -0.3 is 10.2 Å². The molecule has 3 aromatic rings. The van der Waals surface area contributed by atoms with Gasteiger partial charge in [0.05, 0.1) is 12.2 Å². The molecule has 6 nitrogen and oxygen atoms in total. The Kier molecular flexibility index (Phi) is 4.55. The minimum Gasteiger partial charge on any atom is -0.352 e. The first-order chi connectivity index (χ1) is 12.8. The zero-order valence-corrected chi connectivity index (χ0v) is 14.3. The summed E-state index contributed by atoms with van der Waals surface area (Å²) in [5.41, 5.74) is 3.86. The Morgan fingerprint density at radius 1 is 1.04 bits per heavy atom. The fourth-order valence-corrected chi connectivity index (χ4v) is 3.10. The van der Waals surface area contributed by atoms with Gasteiger partial charge in [-0.05, 0) is 29.7 Å². The van der Waals surface area contributed by atoms with E-state index in [1.165, 1.54) is 17.5 Å². The number of rotatable bonds is 4. The van der Waals surface area contributed by atoms with E-state index < -0.39 is 0 Å². The molecule has 1 aliphatic rings. The van der Waals surface area contributed by atoms with E-state index in [1.807, 2.05) is 18.2 Å². The molecule has 1 aromatic carbocycles. The number of hydrogen-bond donors (Lipinski definition) is 1. The minimum absolute atomic E-state index is 0.225. The lowest BCUT2D eigenvalue weighted by molar-refractivity contribution is 0.0945. The number of anilines is 1. The van der Waals surface area contributed by atoms with Crippen LogP contribution in [0, 0.1) is 0 Å². The Morgan fingerprint density at radius 2 is 1.88 bits per heavy atom. The molecule has 0 radical (unpaired) electrons. The van der Waals surface area contributed by atoms with Crippen molar-refractivity contribution in [3.63, 3.8) is 0 Å². The first-order valence-corrected chi connectivity index (χ1v) is 8.61. The van der Waals surface area contributed by atoms with E-state index in [1.54, 1.807) is 12.3 Å². The van der Waals surface area contributed by atoms with Crippen LogP contribution in [0.2, 0.25) is 0 Å². The number of amides is 1. The van der Waals surface area contributed by atoms with Crippen LogP contribution in [0.4, 0.5) is 5.82 Å². The highest BCUT2D eigenvalue weighted by atomic mass is 16.1. The summed E-state index contributed by atoms with van der Waals surface area (Å²) in [4.78, 5) is 27.3. The van der Waals surface area contributed by atoms with Crippen molar-refractivity contribution in [1.82, 2.24) is 20.3 Å². The zero-order valence-electron chi connectivity index (χ0n) is 14.3. The van der Waals surface area contributed by atoms with Gasteiger partial charge in [-0.3, -0.25) is 9.78 Å². The van der Waals surface area contributed by atoms with Gasteiger partial charge in [-0.2, -0.15) is 0 Å². The number of fused-ring (bicyclic) bond motifs is 1. The van der Waals surface area contributed by atoms with Gasteiger partial charge in [0.15, 0.2) is 0 Å². The Balaban J connectivity index is 1.46. The van der Waals surface area contributed by atoms with Crippen molar-refractivity contribution in [1.29, 1.82) is 0 Å². The van der Waals surface area contributed by atoms with Gasteiger partial charge in [0.1, 0.15) is 17.8 Å². The first-order valence-electron chi connectivity index (χ1n) is 8.61. The molecule has 0 atom stereocenters. The number of aromatic nitrogens is 3. The molecule has 4 rings (SSSR count). The molecule has 0 saturated carbocycles. The Bertz CT molecular complexity index is 913. The normalized spacial score (nSPS) is 13.2. The van der Waals surface area contributed by atoms with Crippen molar-refractivity contribution < 1.29 is 4.79 Å². The molecule has 2 aromatic heterocycles. The Hall–Kier alpha value is -3.28. The average Bonchev–Trinajstić information content (AvgIpc) is 2.72. The van der Waals surface area contributed by atoms with Crippen molar-refractivity contribution >= 4 is 11.7 Å². The summed E-state index contributed by atoms with van der Waals surface area (Å²) >= 11 is 0. The molecule has 0 bridgehead atoms. The lowest BCUT2D eigenvalue weighted by Crippen LogP contribution is -2.31. The van der Waals surface area contributed by atoms with Crippen LogP contribution in [0.5, 0.6) is 0 Å². The fraction of sp³-hybridized carbons (Fsp3) is 0.200. The molecule has 3 heterocycles. The minimum atomic E-state index is -0.225. The van der Waals surface area contributed by atoms with Gasteiger partial charge in [-0.25, -0.2) is 9.97 Å². The summed E-state index contributed by atoms with van der Waals surface area (Å²) in [5.74, 6) is 0.550. The molecular weight excluding hydrogens is 326 g/mol. The van der Waals surface area contributed by atoms with Gasteiger partial charge in [-0.1, -0.05) is 30.3 Å². The number of nitrogens with one attached hydrogen (secondary N) is 1. The molecule has 1 aliphatic heterocycles. The second-order valence-electron chi connectivity index (χ2n) is 6.21. The van der Waals surface area contributed by atoms with Crippen LogP contribution in [0.15, 0.2) is 61.1 Å². The predicted octanol–water partition coefficient (Wildman–Crippen LogP) is 2.36. The van der Waals surface area contributed by atoms with E-state index in [4.69, 9.17) is 0 Å². The maximum absolute atomic E-state index is 12.4. The monoisotopic (exact) mass is 345 g/mol. The fourth-order valence-electron chi connectivity index (χ4n) is 3.10. The number of hydrogen-bond acceptors (Lipinski definition) is 5. The molecule has 0 aliphatic carbocycles. The molecular formula is C20H19N5O. The van der Waals surface area contributed by atoms with E-state index >= 15 is 0 Å². The topological polar surface area (TPSA) is 71.0 Å². The molecule has 0 saturated heterocycles. The van der Waals surface area contributed by atoms with E-state index in [0.717, 1.165) is 31.0 Å². The molecule has 26 heavy (non-hydrogen) atoms. The third-order valence-corrected chi connectivity index (χ3v) is 4.50. The van der Waals surface area contributed by atoms with Crippen molar-refractivity contribution in [3.05, 3.63) is 83.6 Å². The summed E-state index contributed by atoms with van der Waals surface area (Å²) in [6.45, 7) is 2.04. The van der Waals surface area contributed by atoms with Crippen molar-refractivity contribution in [3.8, 4) is 0 Å². The molecule has 6 heteroatoms. The molecule has 1 N–H and O–H groups in total. The van der Waals surface area contributed by atoms with Crippen molar-refractivity contribution in [2.75, 3.05) is 11.4 Å². The second-order valence-corrected chi connectivity index (χ2v) is 6.21. The molecule has 130 valence electrons. The number of carbonyl (C=O) groups is 1. The number of pyridine rings is 1. The molecule has 0 unspecified atom stereocenters. The van der Waals surface area contributed by atoms with Gasteiger partial charge >= 0.3 is 0 Å². The van der Waals surface area contributed by atoms with E-state index in [0.29, 0.717) is 12.2 Å². The molecule has 0 spiro atoms. The van der Waals surface area contributed by atoms with Gasteiger partial charge in [0, 0.05) is 25.4 Å². The lowest BCUT2D eigenvalue weighted by Gasteiger charge is -2.29. The molecule has 0 fully saturated rings. The smallest absolute Gasteiger partial charge is 0.270 e. The van der Waals surface area contributed by atoms with Crippen LogP contribution in [-0.2, 0) is 19.5 Å². The van der Waals surface area contributed by atoms with Crippen LogP contribution in [0.3, 0.4) is 0 Å². The zero-order chi connectivity index (χ0) is 17.8. The summed E-state index contributed by atoms with van der Waals surface area (Å²) in [6.07, 6.45) is 4.13. The van der Waals surface area contributed by atoms with Crippen LogP contribution >= 0.6 is 0 Å². The van der Waals surface area contributed by atoms with Gasteiger partial charge in [-0.15, -0.1) is 0 Å². The lowest BCUT2D eigenvalue weighted by atomic mass is 10.00. The maximum Gasteiger partial charge on any atom is 0.270 e. The van der Waals surface area contributed by atoms with Crippen molar-refractivity contribution in [2.24, 2.45) is 0 Å². The third kappa shape index (κ3) is 3.54. The first kappa shape index (κ1) is 16.2. The largest absolute Gasteiger partial charge is 0.352 e.